The number of nitrogens with zero attached hydrogens (tertiary/aromatic N) is 3. The van der Waals surface area contributed by atoms with Crippen molar-refractivity contribution in [1.82, 2.24) is 9.88 Å². The Labute approximate surface area is 116 Å². The van der Waals surface area contributed by atoms with Gasteiger partial charge in [-0.15, -0.1) is 0 Å². The molecule has 1 aromatic heterocycles. The smallest absolute Gasteiger partial charge is 0.0864 e. The largest absolute Gasteiger partial charge is 0.368 e. The van der Waals surface area contributed by atoms with Crippen LogP contribution in [0.4, 0.5) is 5.69 Å². The van der Waals surface area contributed by atoms with E-state index >= 15 is 0 Å². The van der Waals surface area contributed by atoms with Crippen molar-refractivity contribution in [2.75, 3.05) is 38.1 Å². The Bertz CT molecular complexity index is 562. The molecule has 1 aliphatic heterocycles. The maximum Gasteiger partial charge on any atom is 0.0864 e. The van der Waals surface area contributed by atoms with Gasteiger partial charge in [-0.25, -0.2) is 0 Å². The molecule has 2 aromatic rings. The van der Waals surface area contributed by atoms with Crippen molar-refractivity contribution in [1.29, 1.82) is 0 Å². The summed E-state index contributed by atoms with van der Waals surface area (Å²) in [5.41, 5.74) is 2.35. The molecule has 0 unspecified atom stereocenters. The third-order valence-corrected chi connectivity index (χ3v) is 4.18. The van der Waals surface area contributed by atoms with E-state index < -0.39 is 0 Å². The molecular weight excluding hydrogens is 290 g/mol. The standard InChI is InChI=1S/C14H16BrN3/c1-17-7-9-18(10-8-17)13-5-6-16-14-11(13)3-2-4-12(14)15/h2-6H,7-10H2,1H3. The average molecular weight is 306 g/mol. The van der Waals surface area contributed by atoms with E-state index in [0.29, 0.717) is 0 Å². The Balaban J connectivity index is 2.04. The van der Waals surface area contributed by atoms with Gasteiger partial charge in [-0.05, 0) is 35.1 Å². The number of hydrogen-bond donors (Lipinski definition) is 0. The summed E-state index contributed by atoms with van der Waals surface area (Å²) in [6.45, 7) is 4.42. The molecule has 0 spiro atoms. The normalized spacial score (nSPS) is 17.3. The van der Waals surface area contributed by atoms with Crippen LogP contribution in [0.2, 0.25) is 0 Å². The lowest BCUT2D eigenvalue weighted by Gasteiger charge is -2.34. The van der Waals surface area contributed by atoms with Crippen LogP contribution >= 0.6 is 15.9 Å². The Morgan fingerprint density at radius 3 is 2.67 bits per heavy atom. The molecule has 3 rings (SSSR count). The van der Waals surface area contributed by atoms with Crippen LogP contribution in [-0.4, -0.2) is 43.1 Å². The zero-order chi connectivity index (χ0) is 12.5. The molecule has 0 saturated carbocycles. The van der Waals surface area contributed by atoms with Gasteiger partial charge < -0.3 is 9.80 Å². The zero-order valence-electron chi connectivity index (χ0n) is 10.4. The molecule has 0 atom stereocenters. The minimum absolute atomic E-state index is 1.05. The molecule has 0 amide bonds. The minimum Gasteiger partial charge on any atom is -0.368 e. The second-order valence-corrected chi connectivity index (χ2v) is 5.61. The Hall–Kier alpha value is -1.13. The monoisotopic (exact) mass is 305 g/mol. The van der Waals surface area contributed by atoms with Crippen molar-refractivity contribution in [3.05, 3.63) is 34.9 Å². The van der Waals surface area contributed by atoms with Crippen LogP contribution in [0.1, 0.15) is 0 Å². The molecule has 4 heteroatoms. The van der Waals surface area contributed by atoms with E-state index in [4.69, 9.17) is 0 Å². The number of aromatic nitrogens is 1. The molecule has 18 heavy (non-hydrogen) atoms. The molecule has 2 heterocycles. The highest BCUT2D eigenvalue weighted by atomic mass is 79.9. The number of likely N-dealkylation sites (N-methyl/N-ethyl adjacent to an activating group) is 1. The van der Waals surface area contributed by atoms with Gasteiger partial charge in [-0.2, -0.15) is 0 Å². The number of para-hydroxylation sites is 1. The second-order valence-electron chi connectivity index (χ2n) is 4.76. The summed E-state index contributed by atoms with van der Waals surface area (Å²) >= 11 is 3.58. The molecule has 1 aromatic carbocycles. The van der Waals surface area contributed by atoms with E-state index in [0.717, 1.165) is 36.2 Å². The fourth-order valence-electron chi connectivity index (χ4n) is 2.45. The van der Waals surface area contributed by atoms with E-state index in [1.807, 2.05) is 12.3 Å². The van der Waals surface area contributed by atoms with Gasteiger partial charge in [0.1, 0.15) is 0 Å². The van der Waals surface area contributed by atoms with Crippen molar-refractivity contribution in [3.8, 4) is 0 Å². The van der Waals surface area contributed by atoms with E-state index in [9.17, 15) is 0 Å². The molecule has 0 N–H and O–H groups in total. The first kappa shape index (κ1) is 11.9. The lowest BCUT2D eigenvalue weighted by molar-refractivity contribution is 0.313. The molecule has 1 aliphatic rings. The van der Waals surface area contributed by atoms with Crippen LogP contribution in [0.3, 0.4) is 0 Å². The van der Waals surface area contributed by atoms with Crippen molar-refractivity contribution in [2.24, 2.45) is 0 Å². The third-order valence-electron chi connectivity index (χ3n) is 3.54. The summed E-state index contributed by atoms with van der Waals surface area (Å²) in [4.78, 5) is 9.29. The number of anilines is 1. The Morgan fingerprint density at radius 1 is 1.11 bits per heavy atom. The summed E-state index contributed by atoms with van der Waals surface area (Å²) in [5.74, 6) is 0. The summed E-state index contributed by atoms with van der Waals surface area (Å²) in [5, 5.41) is 1.23. The van der Waals surface area contributed by atoms with E-state index in [2.05, 4.69) is 56.0 Å². The summed E-state index contributed by atoms with van der Waals surface area (Å²) in [6, 6.07) is 8.40. The molecular formula is C14H16BrN3. The number of halogens is 1. The van der Waals surface area contributed by atoms with Crippen molar-refractivity contribution < 1.29 is 0 Å². The first-order valence-corrected chi connectivity index (χ1v) is 7.02. The van der Waals surface area contributed by atoms with Crippen LogP contribution in [0.25, 0.3) is 10.9 Å². The molecule has 0 aliphatic carbocycles. The van der Waals surface area contributed by atoms with Crippen LogP contribution in [-0.2, 0) is 0 Å². The van der Waals surface area contributed by atoms with Crippen LogP contribution in [0.15, 0.2) is 34.9 Å². The Morgan fingerprint density at radius 2 is 1.89 bits per heavy atom. The first-order chi connectivity index (χ1) is 8.75. The van der Waals surface area contributed by atoms with Crippen molar-refractivity contribution >= 4 is 32.5 Å². The van der Waals surface area contributed by atoms with Crippen LogP contribution < -0.4 is 4.90 Å². The highest BCUT2D eigenvalue weighted by Crippen LogP contribution is 2.30. The fraction of sp³-hybridized carbons (Fsp3) is 0.357. The molecule has 94 valence electrons. The predicted molar refractivity (Wildman–Crippen MR) is 79.2 cm³/mol. The van der Waals surface area contributed by atoms with Gasteiger partial charge in [0.15, 0.2) is 0 Å². The molecule has 1 saturated heterocycles. The summed E-state index contributed by atoms with van der Waals surface area (Å²) < 4.78 is 1.07. The molecule has 1 fully saturated rings. The number of pyridine rings is 1. The average Bonchev–Trinajstić information content (AvgIpc) is 2.40. The van der Waals surface area contributed by atoms with Gasteiger partial charge in [0.25, 0.3) is 0 Å². The molecule has 0 bridgehead atoms. The molecule has 0 radical (unpaired) electrons. The van der Waals surface area contributed by atoms with Crippen LogP contribution in [0.5, 0.6) is 0 Å². The lowest BCUT2D eigenvalue weighted by atomic mass is 10.1. The quantitative estimate of drug-likeness (QED) is 0.807. The van der Waals surface area contributed by atoms with Gasteiger partial charge in [0.05, 0.1) is 5.52 Å². The highest BCUT2D eigenvalue weighted by molar-refractivity contribution is 9.10. The summed E-state index contributed by atoms with van der Waals surface area (Å²) in [7, 11) is 2.18. The highest BCUT2D eigenvalue weighted by Gasteiger charge is 2.16. The lowest BCUT2D eigenvalue weighted by Crippen LogP contribution is -2.44. The van der Waals surface area contributed by atoms with Gasteiger partial charge in [0.2, 0.25) is 0 Å². The van der Waals surface area contributed by atoms with E-state index in [1.54, 1.807) is 0 Å². The predicted octanol–water partition coefficient (Wildman–Crippen LogP) is 2.75. The topological polar surface area (TPSA) is 19.4 Å². The number of benzene rings is 1. The van der Waals surface area contributed by atoms with Crippen LogP contribution in [0, 0.1) is 0 Å². The zero-order valence-corrected chi connectivity index (χ0v) is 12.0. The van der Waals surface area contributed by atoms with Crippen molar-refractivity contribution in [3.63, 3.8) is 0 Å². The second kappa shape index (κ2) is 4.86. The number of hydrogen-bond acceptors (Lipinski definition) is 3. The van der Waals surface area contributed by atoms with E-state index in [-0.39, 0.29) is 0 Å². The van der Waals surface area contributed by atoms with Gasteiger partial charge >= 0.3 is 0 Å². The maximum atomic E-state index is 4.47. The number of rotatable bonds is 1. The fourth-order valence-corrected chi connectivity index (χ4v) is 2.92. The third kappa shape index (κ3) is 2.10. The minimum atomic E-state index is 1.05. The SMILES string of the molecule is CN1CCN(c2ccnc3c(Br)cccc23)CC1. The molecule has 3 nitrogen and oxygen atoms in total. The van der Waals surface area contributed by atoms with Crippen molar-refractivity contribution in [2.45, 2.75) is 0 Å². The van der Waals surface area contributed by atoms with Gasteiger partial charge in [-0.1, -0.05) is 12.1 Å². The van der Waals surface area contributed by atoms with E-state index in [1.165, 1.54) is 11.1 Å². The number of piperazine rings is 1. The summed E-state index contributed by atoms with van der Waals surface area (Å²) in [6.07, 6.45) is 1.90. The van der Waals surface area contributed by atoms with Gasteiger partial charge in [-0.3, -0.25) is 4.98 Å². The maximum absolute atomic E-state index is 4.47. The number of fused-ring (bicyclic) bond motifs is 1. The Kier molecular flexibility index (Phi) is 3.22. The van der Waals surface area contributed by atoms with Gasteiger partial charge in [0, 0.05) is 47.9 Å². The first-order valence-electron chi connectivity index (χ1n) is 6.22.